The van der Waals surface area contributed by atoms with Gasteiger partial charge in [-0.2, -0.15) is 0 Å². The minimum absolute atomic E-state index is 0.121. The van der Waals surface area contributed by atoms with Gasteiger partial charge in [0.25, 0.3) is 0 Å². The molecule has 0 amide bonds. The van der Waals surface area contributed by atoms with Gasteiger partial charge in [0.1, 0.15) is 0 Å². The van der Waals surface area contributed by atoms with Crippen molar-refractivity contribution in [3.8, 4) is 23.0 Å². The molecular weight excluding hydrogens is 256 g/mol. The van der Waals surface area contributed by atoms with Gasteiger partial charge >= 0.3 is 0 Å². The van der Waals surface area contributed by atoms with Crippen LogP contribution in [0.2, 0.25) is 0 Å². The summed E-state index contributed by atoms with van der Waals surface area (Å²) in [6, 6.07) is 10.4. The van der Waals surface area contributed by atoms with Crippen molar-refractivity contribution in [2.75, 3.05) is 14.2 Å². The lowest BCUT2D eigenvalue weighted by atomic mass is 10.0. The highest BCUT2D eigenvalue weighted by Crippen LogP contribution is 2.29. The van der Waals surface area contributed by atoms with E-state index in [0.717, 1.165) is 11.1 Å². The maximum Gasteiger partial charge on any atom is 0.160 e. The van der Waals surface area contributed by atoms with Gasteiger partial charge in [-0.05, 0) is 48.2 Å². The van der Waals surface area contributed by atoms with Crippen molar-refractivity contribution in [2.24, 2.45) is 0 Å². The molecule has 105 valence electrons. The second-order valence-corrected chi connectivity index (χ2v) is 4.35. The number of phenols is 2. The molecule has 0 saturated heterocycles. The average molecular weight is 273 g/mol. The lowest BCUT2D eigenvalue weighted by Crippen LogP contribution is -1.92. The predicted molar refractivity (Wildman–Crippen MR) is 76.4 cm³/mol. The van der Waals surface area contributed by atoms with Crippen LogP contribution in [0.25, 0.3) is 0 Å². The molecule has 0 atom stereocenters. The lowest BCUT2D eigenvalue weighted by molar-refractivity contribution is 0.373. The third-order valence-electron chi connectivity index (χ3n) is 3.02. The first-order chi connectivity index (χ1) is 9.63. The Morgan fingerprint density at radius 3 is 2.15 bits per heavy atom. The molecule has 0 spiro atoms. The summed E-state index contributed by atoms with van der Waals surface area (Å²) < 4.78 is 10.1. The number of phenolic OH excluding ortho intramolecular Hbond substituents is 2. The summed E-state index contributed by atoms with van der Waals surface area (Å²) in [6.07, 6.45) is 2.69. The number of methoxy groups -OCH3 is 2. The predicted octanol–water partition coefficient (Wildman–Crippen LogP) is 2.91. The molecule has 2 aromatic carbocycles. The van der Waals surface area contributed by atoms with Crippen LogP contribution in [0.1, 0.15) is 11.1 Å². The van der Waals surface area contributed by atoms with Crippen LogP contribution in [0, 0.1) is 6.42 Å². The van der Waals surface area contributed by atoms with Gasteiger partial charge in [-0.3, -0.25) is 0 Å². The minimum Gasteiger partial charge on any atom is -0.504 e. The van der Waals surface area contributed by atoms with Crippen LogP contribution >= 0.6 is 0 Å². The summed E-state index contributed by atoms with van der Waals surface area (Å²) in [5.74, 6) is 1.15. The van der Waals surface area contributed by atoms with Crippen LogP contribution in [-0.2, 0) is 6.42 Å². The van der Waals surface area contributed by atoms with Crippen LogP contribution in [0.3, 0.4) is 0 Å². The molecule has 2 aromatic rings. The molecule has 20 heavy (non-hydrogen) atoms. The van der Waals surface area contributed by atoms with E-state index >= 15 is 0 Å². The zero-order valence-electron chi connectivity index (χ0n) is 11.5. The number of rotatable bonds is 5. The smallest absolute Gasteiger partial charge is 0.160 e. The van der Waals surface area contributed by atoms with E-state index in [2.05, 4.69) is 0 Å². The van der Waals surface area contributed by atoms with Crippen LogP contribution in [0.4, 0.5) is 0 Å². The summed E-state index contributed by atoms with van der Waals surface area (Å²) in [5, 5.41) is 19.1. The van der Waals surface area contributed by atoms with Crippen molar-refractivity contribution in [3.63, 3.8) is 0 Å². The fourth-order valence-corrected chi connectivity index (χ4v) is 1.91. The van der Waals surface area contributed by atoms with Gasteiger partial charge in [-0.15, -0.1) is 0 Å². The molecule has 0 saturated carbocycles. The van der Waals surface area contributed by atoms with E-state index in [4.69, 9.17) is 9.47 Å². The Hall–Kier alpha value is -2.36. The van der Waals surface area contributed by atoms with E-state index in [1.165, 1.54) is 14.2 Å². The second kappa shape index (κ2) is 6.19. The molecule has 1 radical (unpaired) electrons. The molecule has 0 heterocycles. The van der Waals surface area contributed by atoms with Crippen LogP contribution < -0.4 is 9.47 Å². The topological polar surface area (TPSA) is 58.9 Å². The van der Waals surface area contributed by atoms with E-state index < -0.39 is 0 Å². The highest BCUT2D eigenvalue weighted by atomic mass is 16.5. The molecule has 0 aliphatic rings. The maximum absolute atomic E-state index is 9.54. The molecule has 4 heteroatoms. The summed E-state index contributed by atoms with van der Waals surface area (Å²) in [6.45, 7) is 0. The largest absolute Gasteiger partial charge is 0.504 e. The van der Waals surface area contributed by atoms with Gasteiger partial charge < -0.3 is 19.7 Å². The first kappa shape index (κ1) is 14.1. The highest BCUT2D eigenvalue weighted by molar-refractivity contribution is 5.46. The molecule has 0 aliphatic carbocycles. The third kappa shape index (κ3) is 3.15. The number of hydrogen-bond acceptors (Lipinski definition) is 4. The summed E-state index contributed by atoms with van der Waals surface area (Å²) in [7, 11) is 3.04. The fraction of sp³-hybridized carbons (Fsp3) is 0.188. The number of hydrogen-bond donors (Lipinski definition) is 2. The van der Waals surface area contributed by atoms with Gasteiger partial charge in [0.15, 0.2) is 23.0 Å². The van der Waals surface area contributed by atoms with Crippen molar-refractivity contribution in [1.29, 1.82) is 0 Å². The van der Waals surface area contributed by atoms with Crippen molar-refractivity contribution < 1.29 is 19.7 Å². The number of benzene rings is 2. The summed E-state index contributed by atoms with van der Waals surface area (Å²) in [5.41, 5.74) is 1.97. The molecule has 0 bridgehead atoms. The van der Waals surface area contributed by atoms with E-state index in [0.29, 0.717) is 17.9 Å². The zero-order valence-corrected chi connectivity index (χ0v) is 11.5. The quantitative estimate of drug-likeness (QED) is 0.879. The van der Waals surface area contributed by atoms with E-state index in [1.807, 2.05) is 18.6 Å². The van der Waals surface area contributed by atoms with Crippen molar-refractivity contribution in [1.82, 2.24) is 0 Å². The Balaban J connectivity index is 2.08. The Bertz CT molecular complexity index is 540. The molecule has 0 unspecified atom stereocenters. The molecule has 2 N–H and O–H groups in total. The molecule has 0 aromatic heterocycles. The Labute approximate surface area is 118 Å². The highest BCUT2D eigenvalue weighted by Gasteiger charge is 2.05. The molecule has 2 rings (SSSR count). The van der Waals surface area contributed by atoms with Gasteiger partial charge in [0, 0.05) is 0 Å². The normalized spacial score (nSPS) is 10.3. The second-order valence-electron chi connectivity index (χ2n) is 4.35. The van der Waals surface area contributed by atoms with Crippen molar-refractivity contribution in [3.05, 3.63) is 53.9 Å². The van der Waals surface area contributed by atoms with Crippen LogP contribution in [0.15, 0.2) is 36.4 Å². The van der Waals surface area contributed by atoms with E-state index in [-0.39, 0.29) is 11.5 Å². The Kier molecular flexibility index (Phi) is 4.35. The van der Waals surface area contributed by atoms with Gasteiger partial charge in [-0.1, -0.05) is 12.1 Å². The van der Waals surface area contributed by atoms with Crippen molar-refractivity contribution >= 4 is 0 Å². The monoisotopic (exact) mass is 273 g/mol. The van der Waals surface area contributed by atoms with Gasteiger partial charge in [0.05, 0.1) is 14.2 Å². The zero-order chi connectivity index (χ0) is 14.5. The lowest BCUT2D eigenvalue weighted by Gasteiger charge is -2.08. The van der Waals surface area contributed by atoms with Gasteiger partial charge in [0.2, 0.25) is 0 Å². The standard InChI is InChI=1S/C16H17O4/c1-19-15-9-11(5-7-13(15)17)3-4-12-6-8-14(18)16(10-12)20-2/h3,5-10,17-18H,4H2,1-2H3. The minimum atomic E-state index is 0.121. The van der Waals surface area contributed by atoms with Gasteiger partial charge in [-0.25, -0.2) is 0 Å². The molecule has 0 aliphatic heterocycles. The fourth-order valence-electron chi connectivity index (χ4n) is 1.91. The van der Waals surface area contributed by atoms with E-state index in [9.17, 15) is 10.2 Å². The maximum atomic E-state index is 9.54. The molecular formula is C16H17O4. The van der Waals surface area contributed by atoms with Crippen LogP contribution in [0.5, 0.6) is 23.0 Å². The SMILES string of the molecule is COc1cc([CH]Cc2ccc(O)c(OC)c2)ccc1O. The average Bonchev–Trinajstić information content (AvgIpc) is 2.47. The molecule has 4 nitrogen and oxygen atoms in total. The van der Waals surface area contributed by atoms with Crippen molar-refractivity contribution in [2.45, 2.75) is 6.42 Å². The number of aromatic hydroxyl groups is 2. The first-order valence-electron chi connectivity index (χ1n) is 6.20. The summed E-state index contributed by atoms with van der Waals surface area (Å²) >= 11 is 0. The Morgan fingerprint density at radius 2 is 1.50 bits per heavy atom. The first-order valence-corrected chi connectivity index (χ1v) is 6.20. The van der Waals surface area contributed by atoms with Crippen LogP contribution in [-0.4, -0.2) is 24.4 Å². The van der Waals surface area contributed by atoms with E-state index in [1.54, 1.807) is 24.3 Å². The number of ether oxygens (including phenoxy) is 2. The Morgan fingerprint density at radius 1 is 0.900 bits per heavy atom. The molecule has 0 fully saturated rings. The third-order valence-corrected chi connectivity index (χ3v) is 3.02. The summed E-state index contributed by atoms with van der Waals surface area (Å²) in [4.78, 5) is 0.